The molecular weight excluding hydrogens is 432 g/mol. The summed E-state index contributed by atoms with van der Waals surface area (Å²) in [5, 5.41) is 9.65. The predicted molar refractivity (Wildman–Crippen MR) is 123 cm³/mol. The molecule has 9 heteroatoms. The van der Waals surface area contributed by atoms with Crippen LogP contribution in [0.1, 0.15) is 56.8 Å². The maximum Gasteiger partial charge on any atom is 0.335 e. The summed E-state index contributed by atoms with van der Waals surface area (Å²) in [6.45, 7) is 6.36. The van der Waals surface area contributed by atoms with Gasteiger partial charge in [0.2, 0.25) is 5.91 Å². The second-order valence-electron chi connectivity index (χ2n) is 7.40. The van der Waals surface area contributed by atoms with Gasteiger partial charge in [-0.3, -0.25) is 4.79 Å². The highest BCUT2D eigenvalue weighted by molar-refractivity contribution is 7.90. The number of benzene rings is 2. The molecule has 0 aliphatic heterocycles. The van der Waals surface area contributed by atoms with Crippen LogP contribution >= 0.6 is 0 Å². The number of hydrogen-bond acceptors (Lipinski definition) is 6. The first-order valence-electron chi connectivity index (χ1n) is 10.6. The minimum atomic E-state index is -4.38. The second kappa shape index (κ2) is 11.5. The second-order valence-corrected chi connectivity index (χ2v) is 9.05. The molecule has 174 valence electrons. The number of hydrogen-bond donors (Lipinski definition) is 2. The molecule has 0 radical (unpaired) electrons. The number of carboxylic acids is 1. The zero-order valence-corrected chi connectivity index (χ0v) is 19.4. The number of carbonyl (C=O) groups is 2. The van der Waals surface area contributed by atoms with E-state index in [2.05, 4.69) is 0 Å². The van der Waals surface area contributed by atoms with E-state index in [-0.39, 0.29) is 11.3 Å². The topological polar surface area (TPSA) is 113 Å². The number of nitrogens with one attached hydrogen (secondary N) is 1. The van der Waals surface area contributed by atoms with Gasteiger partial charge in [-0.1, -0.05) is 44.9 Å². The number of rotatable bonds is 12. The molecular formula is C23H30N2O6S. The molecule has 0 spiro atoms. The Kier molecular flexibility index (Phi) is 9.07. The van der Waals surface area contributed by atoms with Crippen LogP contribution in [0.5, 0.6) is 11.5 Å². The third-order valence-corrected chi connectivity index (χ3v) is 6.16. The first-order chi connectivity index (χ1) is 15.2. The number of sulfonamides is 1. The van der Waals surface area contributed by atoms with Gasteiger partial charge in [-0.2, -0.15) is 0 Å². The molecule has 0 fully saturated rings. The molecule has 0 saturated heterocycles. The predicted octanol–water partition coefficient (Wildman–Crippen LogP) is 4.41. The molecule has 0 aromatic heterocycles. The summed E-state index contributed by atoms with van der Waals surface area (Å²) in [5.74, 6) is -1.68. The van der Waals surface area contributed by atoms with E-state index >= 15 is 0 Å². The fourth-order valence-electron chi connectivity index (χ4n) is 3.15. The van der Waals surface area contributed by atoms with Crippen LogP contribution < -0.4 is 14.4 Å². The fraction of sp³-hybridized carbons (Fsp3) is 0.391. The van der Waals surface area contributed by atoms with Gasteiger partial charge in [-0.05, 0) is 37.1 Å². The van der Waals surface area contributed by atoms with E-state index in [0.717, 1.165) is 38.7 Å². The molecule has 32 heavy (non-hydrogen) atoms. The number of anilines is 1. The van der Waals surface area contributed by atoms with E-state index in [4.69, 9.17) is 4.74 Å². The third kappa shape index (κ3) is 6.71. The third-order valence-electron chi connectivity index (χ3n) is 4.72. The molecule has 2 aromatic rings. The smallest absolute Gasteiger partial charge is 0.335 e. The van der Waals surface area contributed by atoms with Crippen LogP contribution in [-0.2, 0) is 14.8 Å². The molecule has 0 unspecified atom stereocenters. The van der Waals surface area contributed by atoms with Gasteiger partial charge >= 0.3 is 5.97 Å². The van der Waals surface area contributed by atoms with Crippen molar-refractivity contribution in [3.63, 3.8) is 0 Å². The largest absolute Gasteiger partial charge is 0.478 e. The zero-order valence-electron chi connectivity index (χ0n) is 18.6. The van der Waals surface area contributed by atoms with E-state index in [9.17, 15) is 23.1 Å². The van der Waals surface area contributed by atoms with Crippen LogP contribution in [0.15, 0.2) is 47.4 Å². The van der Waals surface area contributed by atoms with Gasteiger partial charge in [0, 0.05) is 20.0 Å². The Labute approximate surface area is 189 Å². The lowest BCUT2D eigenvalue weighted by molar-refractivity contribution is -0.117. The van der Waals surface area contributed by atoms with E-state index in [0.29, 0.717) is 24.5 Å². The molecule has 2 rings (SSSR count). The van der Waals surface area contributed by atoms with Crippen molar-refractivity contribution in [3.8, 4) is 11.5 Å². The number of carbonyl (C=O) groups excluding carboxylic acids is 1. The zero-order chi connectivity index (χ0) is 23.7. The summed E-state index contributed by atoms with van der Waals surface area (Å²) >= 11 is 0. The highest BCUT2D eigenvalue weighted by Gasteiger charge is 2.28. The molecule has 0 bridgehead atoms. The molecule has 2 N–H and O–H groups in total. The highest BCUT2D eigenvalue weighted by Crippen LogP contribution is 2.40. The Hall–Kier alpha value is -3.07. The maximum absolute atomic E-state index is 13.0. The van der Waals surface area contributed by atoms with Crippen molar-refractivity contribution >= 4 is 27.6 Å². The Bertz CT molecular complexity index is 1030. The summed E-state index contributed by atoms with van der Waals surface area (Å²) in [7, 11) is -4.38. The van der Waals surface area contributed by atoms with Gasteiger partial charge in [0.15, 0.2) is 5.75 Å². The van der Waals surface area contributed by atoms with Crippen molar-refractivity contribution in [3.05, 3.63) is 48.0 Å². The van der Waals surface area contributed by atoms with Crippen molar-refractivity contribution in [2.75, 3.05) is 18.0 Å². The highest BCUT2D eigenvalue weighted by atomic mass is 32.2. The van der Waals surface area contributed by atoms with Crippen molar-refractivity contribution in [1.29, 1.82) is 0 Å². The summed E-state index contributed by atoms with van der Waals surface area (Å²) in [4.78, 5) is 24.9. The average molecular weight is 463 g/mol. The Morgan fingerprint density at radius 1 is 1.03 bits per heavy atom. The number of para-hydroxylation sites is 1. The first kappa shape index (κ1) is 25.2. The van der Waals surface area contributed by atoms with Crippen LogP contribution in [0.3, 0.4) is 0 Å². The summed E-state index contributed by atoms with van der Waals surface area (Å²) < 4.78 is 34.0. The van der Waals surface area contributed by atoms with Crippen LogP contribution in [0, 0.1) is 0 Å². The molecule has 0 atom stereocenters. The van der Waals surface area contributed by atoms with E-state index in [1.165, 1.54) is 6.07 Å². The summed E-state index contributed by atoms with van der Waals surface area (Å²) in [6, 6.07) is 11.1. The van der Waals surface area contributed by atoms with Gasteiger partial charge in [-0.25, -0.2) is 17.9 Å². The fourth-order valence-corrected chi connectivity index (χ4v) is 4.31. The lowest BCUT2D eigenvalue weighted by Gasteiger charge is -2.28. The molecule has 8 nitrogen and oxygen atoms in total. The lowest BCUT2D eigenvalue weighted by Crippen LogP contribution is -2.30. The van der Waals surface area contributed by atoms with E-state index < -0.39 is 26.8 Å². The van der Waals surface area contributed by atoms with E-state index in [1.807, 2.05) is 23.5 Å². The van der Waals surface area contributed by atoms with Gasteiger partial charge in [-0.15, -0.1) is 0 Å². The van der Waals surface area contributed by atoms with Crippen molar-refractivity contribution in [2.24, 2.45) is 0 Å². The molecule has 0 heterocycles. The average Bonchev–Trinajstić information content (AvgIpc) is 2.73. The summed E-state index contributed by atoms with van der Waals surface area (Å²) in [6.07, 6.45) is 3.49. The number of amides is 1. The summed E-state index contributed by atoms with van der Waals surface area (Å²) in [5.41, 5.74) is 0.155. The van der Waals surface area contributed by atoms with Gasteiger partial charge in [0.25, 0.3) is 10.0 Å². The molecule has 0 aliphatic rings. The lowest BCUT2D eigenvalue weighted by atomic mass is 10.1. The van der Waals surface area contributed by atoms with Crippen LogP contribution in [-0.4, -0.2) is 38.5 Å². The van der Waals surface area contributed by atoms with Gasteiger partial charge in [0.1, 0.15) is 10.6 Å². The monoisotopic (exact) mass is 462 g/mol. The number of carboxylic acid groups (broad SMARTS) is 1. The van der Waals surface area contributed by atoms with Crippen molar-refractivity contribution in [1.82, 2.24) is 4.72 Å². The van der Waals surface area contributed by atoms with Gasteiger partial charge in [0.05, 0.1) is 11.3 Å². The van der Waals surface area contributed by atoms with Crippen molar-refractivity contribution in [2.45, 2.75) is 51.3 Å². The Morgan fingerprint density at radius 2 is 1.62 bits per heavy atom. The Morgan fingerprint density at radius 3 is 2.12 bits per heavy atom. The van der Waals surface area contributed by atoms with Crippen LogP contribution in [0.25, 0.3) is 0 Å². The number of ether oxygens (including phenoxy) is 1. The molecule has 0 saturated carbocycles. The molecule has 1 amide bonds. The number of unbranched alkanes of at least 4 members (excludes halogenated alkanes) is 2. The first-order valence-corrected chi connectivity index (χ1v) is 12.1. The number of nitrogens with zero attached hydrogens (tertiary/aromatic N) is 1. The van der Waals surface area contributed by atoms with Gasteiger partial charge < -0.3 is 14.7 Å². The minimum Gasteiger partial charge on any atom is -0.478 e. The SMILES string of the molecule is CCCCN(CCCC)c1cc(C(=O)O)cc(S(=O)(=O)NC(C)=O)c1Oc1ccccc1. The Balaban J connectivity index is 2.79. The molecule has 2 aromatic carbocycles. The van der Waals surface area contributed by atoms with E-state index in [1.54, 1.807) is 30.3 Å². The quantitative estimate of drug-likeness (QED) is 0.480. The van der Waals surface area contributed by atoms with Crippen LogP contribution in [0.2, 0.25) is 0 Å². The standard InChI is InChI=1S/C23H30N2O6S/c1-4-6-13-25(14-7-5-2)20-15-18(23(27)28)16-21(32(29,30)24-17(3)26)22(20)31-19-11-9-8-10-12-19/h8-12,15-16H,4-7,13-14H2,1-3H3,(H,24,26)(H,27,28). The maximum atomic E-state index is 13.0. The van der Waals surface area contributed by atoms with Crippen molar-refractivity contribution < 1.29 is 27.9 Å². The normalized spacial score (nSPS) is 11.1. The molecule has 0 aliphatic carbocycles. The van der Waals surface area contributed by atoms with Crippen LogP contribution in [0.4, 0.5) is 5.69 Å². The minimum absolute atomic E-state index is 0.0119. The number of aromatic carboxylic acids is 1.